The Balaban J connectivity index is 1.74. The number of anilines is 2. The van der Waals surface area contributed by atoms with E-state index >= 15 is 0 Å². The van der Waals surface area contributed by atoms with Crippen LogP contribution in [0.15, 0.2) is 30.6 Å². The number of benzene rings is 1. The second kappa shape index (κ2) is 7.61. The molecule has 0 spiro atoms. The first kappa shape index (κ1) is 18.6. The molecule has 2 heterocycles. The van der Waals surface area contributed by atoms with Crippen molar-refractivity contribution in [3.8, 4) is 0 Å². The van der Waals surface area contributed by atoms with Crippen LogP contribution in [0.25, 0.3) is 0 Å². The molecule has 1 aliphatic heterocycles. The summed E-state index contributed by atoms with van der Waals surface area (Å²) in [7, 11) is 1.77. The summed E-state index contributed by atoms with van der Waals surface area (Å²) in [5, 5.41) is 9.65. The monoisotopic (exact) mass is 369 g/mol. The van der Waals surface area contributed by atoms with Crippen LogP contribution < -0.4 is 10.6 Å². The number of aryl methyl sites for hydroxylation is 2. The molecule has 0 aliphatic carbocycles. The van der Waals surface area contributed by atoms with E-state index in [2.05, 4.69) is 15.7 Å². The maximum absolute atomic E-state index is 12.6. The summed E-state index contributed by atoms with van der Waals surface area (Å²) in [5.41, 5.74) is 2.43. The molecule has 1 aliphatic rings. The van der Waals surface area contributed by atoms with Gasteiger partial charge in [0, 0.05) is 38.0 Å². The maximum Gasteiger partial charge on any atom is 0.255 e. The van der Waals surface area contributed by atoms with Crippen LogP contribution in [0.2, 0.25) is 0 Å². The van der Waals surface area contributed by atoms with E-state index < -0.39 is 6.04 Å². The minimum Gasteiger partial charge on any atom is -0.331 e. The molecular weight excluding hydrogens is 346 g/mol. The van der Waals surface area contributed by atoms with Crippen molar-refractivity contribution < 1.29 is 14.4 Å². The van der Waals surface area contributed by atoms with Crippen LogP contribution >= 0.6 is 0 Å². The van der Waals surface area contributed by atoms with Crippen LogP contribution in [0.1, 0.15) is 35.7 Å². The predicted octanol–water partition coefficient (Wildman–Crippen LogP) is 1.93. The molecule has 1 fully saturated rings. The highest BCUT2D eigenvalue weighted by Gasteiger charge is 2.32. The number of hydrogen-bond donors (Lipinski definition) is 2. The Bertz CT molecular complexity index is 889. The smallest absolute Gasteiger partial charge is 0.255 e. The molecule has 0 saturated carbocycles. The molecule has 3 amide bonds. The molecule has 1 atom stereocenters. The molecule has 1 unspecified atom stereocenters. The zero-order chi connectivity index (χ0) is 19.6. The maximum atomic E-state index is 12.6. The number of carbonyl (C=O) groups excluding carboxylic acids is 3. The highest BCUT2D eigenvalue weighted by atomic mass is 16.2. The van der Waals surface area contributed by atoms with E-state index in [0.29, 0.717) is 29.9 Å². The molecule has 27 heavy (non-hydrogen) atoms. The van der Waals surface area contributed by atoms with Gasteiger partial charge in [0.25, 0.3) is 5.91 Å². The van der Waals surface area contributed by atoms with E-state index in [4.69, 9.17) is 0 Å². The number of aromatic nitrogens is 2. The fourth-order valence-electron chi connectivity index (χ4n) is 3.22. The van der Waals surface area contributed by atoms with E-state index in [1.807, 2.05) is 6.92 Å². The largest absolute Gasteiger partial charge is 0.331 e. The fourth-order valence-corrected chi connectivity index (χ4v) is 3.22. The van der Waals surface area contributed by atoms with Crippen molar-refractivity contribution in [1.82, 2.24) is 14.7 Å². The highest BCUT2D eigenvalue weighted by Crippen LogP contribution is 2.22. The molecule has 0 radical (unpaired) electrons. The van der Waals surface area contributed by atoms with Crippen LogP contribution in [0.4, 0.5) is 11.4 Å². The first-order valence-electron chi connectivity index (χ1n) is 8.84. The van der Waals surface area contributed by atoms with Gasteiger partial charge in [-0.25, -0.2) is 0 Å². The lowest BCUT2D eigenvalue weighted by atomic mass is 10.1. The number of carbonyl (C=O) groups is 3. The zero-order valence-corrected chi connectivity index (χ0v) is 15.7. The molecule has 0 bridgehead atoms. The summed E-state index contributed by atoms with van der Waals surface area (Å²) in [6.45, 7) is 3.93. The average Bonchev–Trinajstić information content (AvgIpc) is 3.26. The number of rotatable bonds is 4. The number of likely N-dealkylation sites (tertiary alicyclic amines) is 1. The van der Waals surface area contributed by atoms with Gasteiger partial charge in [-0.2, -0.15) is 5.10 Å². The Kier molecular flexibility index (Phi) is 5.25. The topological polar surface area (TPSA) is 96.3 Å². The Labute approximate surface area is 157 Å². The standard InChI is InChI=1S/C19H23N5O3/c1-12-6-7-14(18(26)21-15-10-20-23(3)11-15)9-16(12)22-19(27)17-5-4-8-24(17)13(2)25/h6-7,9-11,17H,4-5,8H2,1-3H3,(H,21,26)(H,22,27). The van der Waals surface area contributed by atoms with Gasteiger partial charge < -0.3 is 15.5 Å². The molecule has 8 nitrogen and oxygen atoms in total. The minimum absolute atomic E-state index is 0.103. The Morgan fingerprint density at radius 1 is 1.22 bits per heavy atom. The van der Waals surface area contributed by atoms with E-state index in [-0.39, 0.29) is 17.7 Å². The highest BCUT2D eigenvalue weighted by molar-refractivity contribution is 6.06. The second-order valence-electron chi connectivity index (χ2n) is 6.75. The van der Waals surface area contributed by atoms with Crippen LogP contribution in [0.5, 0.6) is 0 Å². The lowest BCUT2D eigenvalue weighted by molar-refractivity contribution is -0.134. The molecule has 2 N–H and O–H groups in total. The van der Waals surface area contributed by atoms with Crippen LogP contribution in [-0.2, 0) is 16.6 Å². The van der Waals surface area contributed by atoms with Crippen molar-refractivity contribution in [2.45, 2.75) is 32.7 Å². The molecule has 1 saturated heterocycles. The minimum atomic E-state index is -0.463. The van der Waals surface area contributed by atoms with Gasteiger partial charge in [-0.3, -0.25) is 19.1 Å². The van der Waals surface area contributed by atoms with Gasteiger partial charge in [-0.05, 0) is 37.5 Å². The summed E-state index contributed by atoms with van der Waals surface area (Å²) < 4.78 is 1.60. The second-order valence-corrected chi connectivity index (χ2v) is 6.75. The molecule has 2 aromatic rings. The molecule has 8 heteroatoms. The summed E-state index contributed by atoms with van der Waals surface area (Å²) in [6, 6.07) is 4.67. The molecule has 142 valence electrons. The van der Waals surface area contributed by atoms with Crippen LogP contribution in [0.3, 0.4) is 0 Å². The summed E-state index contributed by atoms with van der Waals surface area (Å²) in [4.78, 5) is 38.4. The fraction of sp³-hybridized carbons (Fsp3) is 0.368. The van der Waals surface area contributed by atoms with Crippen LogP contribution in [0, 0.1) is 6.92 Å². The van der Waals surface area contributed by atoms with Crippen molar-refractivity contribution in [3.63, 3.8) is 0 Å². The van der Waals surface area contributed by atoms with Gasteiger partial charge in [0.2, 0.25) is 11.8 Å². The summed E-state index contributed by atoms with van der Waals surface area (Å²) in [5.74, 6) is -0.616. The third-order valence-corrected chi connectivity index (χ3v) is 4.68. The third-order valence-electron chi connectivity index (χ3n) is 4.68. The summed E-state index contributed by atoms with van der Waals surface area (Å²) in [6.07, 6.45) is 4.71. The summed E-state index contributed by atoms with van der Waals surface area (Å²) >= 11 is 0. The van der Waals surface area contributed by atoms with E-state index in [1.165, 1.54) is 6.92 Å². The van der Waals surface area contributed by atoms with E-state index in [1.54, 1.807) is 47.2 Å². The Morgan fingerprint density at radius 2 is 2.00 bits per heavy atom. The predicted molar refractivity (Wildman–Crippen MR) is 101 cm³/mol. The van der Waals surface area contributed by atoms with Gasteiger partial charge >= 0.3 is 0 Å². The van der Waals surface area contributed by atoms with Gasteiger partial charge in [-0.15, -0.1) is 0 Å². The number of amides is 3. The normalized spacial score (nSPS) is 16.3. The lowest BCUT2D eigenvalue weighted by Gasteiger charge is -2.23. The first-order chi connectivity index (χ1) is 12.8. The number of hydrogen-bond acceptors (Lipinski definition) is 4. The molecule has 1 aromatic carbocycles. The van der Waals surface area contributed by atoms with Gasteiger partial charge in [0.1, 0.15) is 6.04 Å². The van der Waals surface area contributed by atoms with E-state index in [9.17, 15) is 14.4 Å². The third kappa shape index (κ3) is 4.16. The number of nitrogens with zero attached hydrogens (tertiary/aromatic N) is 3. The Morgan fingerprint density at radius 3 is 2.67 bits per heavy atom. The van der Waals surface area contributed by atoms with Gasteiger partial charge in [0.15, 0.2) is 0 Å². The SMILES string of the molecule is CC(=O)N1CCCC1C(=O)Nc1cc(C(=O)Nc2cnn(C)c2)ccc1C. The number of nitrogens with one attached hydrogen (secondary N) is 2. The van der Waals surface area contributed by atoms with Crippen molar-refractivity contribution in [2.75, 3.05) is 17.2 Å². The van der Waals surface area contributed by atoms with Crippen molar-refractivity contribution in [2.24, 2.45) is 7.05 Å². The van der Waals surface area contributed by atoms with Crippen LogP contribution in [-0.4, -0.2) is 45.0 Å². The first-order valence-corrected chi connectivity index (χ1v) is 8.84. The van der Waals surface area contributed by atoms with Crippen molar-refractivity contribution in [1.29, 1.82) is 0 Å². The Hall–Kier alpha value is -3.16. The zero-order valence-electron chi connectivity index (χ0n) is 15.7. The van der Waals surface area contributed by atoms with Gasteiger partial charge in [0.05, 0.1) is 11.9 Å². The van der Waals surface area contributed by atoms with Crippen molar-refractivity contribution >= 4 is 29.1 Å². The average molecular weight is 369 g/mol. The van der Waals surface area contributed by atoms with Gasteiger partial charge in [-0.1, -0.05) is 6.07 Å². The quantitative estimate of drug-likeness (QED) is 0.861. The molecule has 3 rings (SSSR count). The lowest BCUT2D eigenvalue weighted by Crippen LogP contribution is -2.42. The molecule has 1 aromatic heterocycles. The van der Waals surface area contributed by atoms with E-state index in [0.717, 1.165) is 12.0 Å². The van der Waals surface area contributed by atoms with Crippen molar-refractivity contribution in [3.05, 3.63) is 41.7 Å². The molecular formula is C19H23N5O3.